The molecule has 1 N–H and O–H groups in total. The number of rotatable bonds is 4. The highest BCUT2D eigenvalue weighted by molar-refractivity contribution is 5.80. The average Bonchev–Trinajstić information content (AvgIpc) is 2.34. The molecule has 4 heteroatoms. The van der Waals surface area contributed by atoms with E-state index < -0.39 is 0 Å². The van der Waals surface area contributed by atoms with Gasteiger partial charge in [0.05, 0.1) is 0 Å². The van der Waals surface area contributed by atoms with Crippen LogP contribution in [0.2, 0.25) is 0 Å². The summed E-state index contributed by atoms with van der Waals surface area (Å²) in [5.74, 6) is 0.468. The van der Waals surface area contributed by atoms with Crippen LogP contribution in [-0.4, -0.2) is 36.3 Å². The zero-order valence-corrected chi connectivity index (χ0v) is 12.8. The number of likely N-dealkylation sites (tertiary alicyclic amines) is 1. The van der Waals surface area contributed by atoms with Gasteiger partial charge in [0.1, 0.15) is 0 Å². The Labute approximate surface area is 116 Å². The van der Waals surface area contributed by atoms with Gasteiger partial charge >= 0.3 is 0 Å². The Kier molecular flexibility index (Phi) is 5.83. The first-order valence-corrected chi connectivity index (χ1v) is 7.39. The summed E-state index contributed by atoms with van der Waals surface area (Å²) in [4.78, 5) is 25.8. The third-order valence-corrected chi connectivity index (χ3v) is 3.45. The van der Waals surface area contributed by atoms with Crippen molar-refractivity contribution >= 4 is 11.8 Å². The number of carbonyl (C=O) groups excluding carboxylic acids is 2. The Morgan fingerprint density at radius 1 is 1.21 bits per heavy atom. The van der Waals surface area contributed by atoms with Crippen molar-refractivity contribution in [3.05, 3.63) is 0 Å². The van der Waals surface area contributed by atoms with Crippen molar-refractivity contribution in [3.8, 4) is 0 Å². The summed E-state index contributed by atoms with van der Waals surface area (Å²) in [7, 11) is 0. The van der Waals surface area contributed by atoms with Gasteiger partial charge in [-0.3, -0.25) is 9.59 Å². The fraction of sp³-hybridized carbons (Fsp3) is 0.867. The van der Waals surface area contributed by atoms with Crippen LogP contribution in [0.3, 0.4) is 0 Å². The lowest BCUT2D eigenvalue weighted by Crippen LogP contribution is -2.43. The molecule has 19 heavy (non-hydrogen) atoms. The first-order chi connectivity index (χ1) is 8.83. The van der Waals surface area contributed by atoms with E-state index in [0.717, 1.165) is 38.9 Å². The van der Waals surface area contributed by atoms with Gasteiger partial charge in [-0.25, -0.2) is 0 Å². The van der Waals surface area contributed by atoms with Gasteiger partial charge in [0.2, 0.25) is 11.8 Å². The Bertz CT molecular complexity index is 313. The highest BCUT2D eigenvalue weighted by Crippen LogP contribution is 2.23. The Morgan fingerprint density at radius 2 is 1.79 bits per heavy atom. The molecule has 0 aromatic carbocycles. The van der Waals surface area contributed by atoms with E-state index in [4.69, 9.17) is 0 Å². The molecule has 0 aliphatic carbocycles. The van der Waals surface area contributed by atoms with Crippen LogP contribution in [0.1, 0.15) is 53.4 Å². The zero-order valence-electron chi connectivity index (χ0n) is 12.8. The predicted molar refractivity (Wildman–Crippen MR) is 76.7 cm³/mol. The van der Waals surface area contributed by atoms with Gasteiger partial charge in [-0.15, -0.1) is 0 Å². The van der Waals surface area contributed by atoms with Crippen molar-refractivity contribution in [1.82, 2.24) is 10.2 Å². The van der Waals surface area contributed by atoms with E-state index in [1.165, 1.54) is 0 Å². The summed E-state index contributed by atoms with van der Waals surface area (Å²) < 4.78 is 0. The molecule has 0 bridgehead atoms. The molecule has 1 heterocycles. The summed E-state index contributed by atoms with van der Waals surface area (Å²) in [6.07, 6.45) is 3.14. The molecule has 110 valence electrons. The third kappa shape index (κ3) is 5.62. The molecule has 0 radical (unpaired) electrons. The van der Waals surface area contributed by atoms with Crippen LogP contribution in [0.15, 0.2) is 0 Å². The maximum atomic E-state index is 12.1. The molecular weight excluding hydrogens is 240 g/mol. The highest BCUT2D eigenvalue weighted by atomic mass is 16.2. The largest absolute Gasteiger partial charge is 0.356 e. The van der Waals surface area contributed by atoms with Crippen molar-refractivity contribution in [2.75, 3.05) is 19.6 Å². The van der Waals surface area contributed by atoms with Gasteiger partial charge in [-0.2, -0.15) is 0 Å². The summed E-state index contributed by atoms with van der Waals surface area (Å²) in [6, 6.07) is 0. The first kappa shape index (κ1) is 16.0. The Balaban J connectivity index is 2.36. The maximum absolute atomic E-state index is 12.1. The van der Waals surface area contributed by atoms with E-state index >= 15 is 0 Å². The van der Waals surface area contributed by atoms with Crippen LogP contribution in [-0.2, 0) is 9.59 Å². The summed E-state index contributed by atoms with van der Waals surface area (Å²) >= 11 is 0. The molecule has 1 saturated heterocycles. The number of hydrogen-bond donors (Lipinski definition) is 1. The monoisotopic (exact) mass is 268 g/mol. The van der Waals surface area contributed by atoms with Crippen molar-refractivity contribution in [2.45, 2.75) is 53.4 Å². The molecule has 0 saturated carbocycles. The van der Waals surface area contributed by atoms with E-state index in [2.05, 4.69) is 26.1 Å². The fourth-order valence-corrected chi connectivity index (χ4v) is 2.35. The predicted octanol–water partition coefficient (Wildman–Crippen LogP) is 2.19. The molecule has 1 rings (SSSR count). The topological polar surface area (TPSA) is 49.4 Å². The lowest BCUT2D eigenvalue weighted by molar-refractivity contribution is -0.137. The van der Waals surface area contributed by atoms with Crippen molar-refractivity contribution in [2.24, 2.45) is 11.3 Å². The minimum absolute atomic E-state index is 0.0342. The Hall–Kier alpha value is -1.06. The molecule has 0 spiro atoms. The van der Waals surface area contributed by atoms with E-state index in [-0.39, 0.29) is 23.1 Å². The number of hydrogen-bond acceptors (Lipinski definition) is 2. The molecule has 1 fully saturated rings. The van der Waals surface area contributed by atoms with Crippen molar-refractivity contribution in [1.29, 1.82) is 0 Å². The minimum atomic E-state index is 0.0342. The van der Waals surface area contributed by atoms with Gasteiger partial charge < -0.3 is 10.2 Å². The quantitative estimate of drug-likeness (QED) is 0.849. The second-order valence-corrected chi connectivity index (χ2v) is 6.68. The lowest BCUT2D eigenvalue weighted by Gasteiger charge is -2.33. The zero-order chi connectivity index (χ0) is 14.5. The Morgan fingerprint density at radius 3 is 2.26 bits per heavy atom. The third-order valence-electron chi connectivity index (χ3n) is 3.45. The number of carbonyl (C=O) groups is 2. The van der Waals surface area contributed by atoms with Crippen LogP contribution in [0.25, 0.3) is 0 Å². The van der Waals surface area contributed by atoms with Crippen molar-refractivity contribution in [3.63, 3.8) is 0 Å². The normalized spacial score (nSPS) is 17.4. The lowest BCUT2D eigenvalue weighted by atomic mass is 9.90. The average molecular weight is 268 g/mol. The molecule has 0 aromatic heterocycles. The fourth-order valence-electron chi connectivity index (χ4n) is 2.35. The van der Waals surface area contributed by atoms with E-state index in [9.17, 15) is 9.59 Å². The molecule has 1 aliphatic heterocycles. The molecule has 0 aromatic rings. The van der Waals surface area contributed by atoms with Crippen LogP contribution >= 0.6 is 0 Å². The standard InChI is InChI=1S/C15H28N2O2/c1-5-8-16-14(19)12-6-9-17(10-7-12)13(18)11-15(2,3)4/h12H,5-11H2,1-4H3,(H,16,19). The second kappa shape index (κ2) is 6.92. The van der Waals surface area contributed by atoms with Gasteiger partial charge in [-0.05, 0) is 24.7 Å². The van der Waals surface area contributed by atoms with E-state index in [0.29, 0.717) is 6.42 Å². The van der Waals surface area contributed by atoms with Gasteiger partial charge in [-0.1, -0.05) is 27.7 Å². The van der Waals surface area contributed by atoms with E-state index in [1.54, 1.807) is 0 Å². The van der Waals surface area contributed by atoms with Crippen molar-refractivity contribution < 1.29 is 9.59 Å². The number of piperidine rings is 1. The van der Waals surface area contributed by atoms with Gasteiger partial charge in [0.15, 0.2) is 0 Å². The SMILES string of the molecule is CCCNC(=O)C1CCN(C(=O)CC(C)(C)C)CC1. The number of amides is 2. The van der Waals surface area contributed by atoms with Crippen LogP contribution < -0.4 is 5.32 Å². The van der Waals surface area contributed by atoms with Crippen LogP contribution in [0.5, 0.6) is 0 Å². The molecule has 1 aliphatic rings. The highest BCUT2D eigenvalue weighted by Gasteiger charge is 2.28. The minimum Gasteiger partial charge on any atom is -0.356 e. The van der Waals surface area contributed by atoms with Crippen LogP contribution in [0, 0.1) is 11.3 Å². The summed E-state index contributed by atoms with van der Waals surface area (Å²) in [5.41, 5.74) is 0.0342. The smallest absolute Gasteiger partial charge is 0.223 e. The second-order valence-electron chi connectivity index (χ2n) is 6.68. The number of nitrogens with one attached hydrogen (secondary N) is 1. The maximum Gasteiger partial charge on any atom is 0.223 e. The van der Waals surface area contributed by atoms with E-state index in [1.807, 2.05) is 11.8 Å². The molecule has 4 nitrogen and oxygen atoms in total. The first-order valence-electron chi connectivity index (χ1n) is 7.39. The molecule has 2 amide bonds. The summed E-state index contributed by atoms with van der Waals surface area (Å²) in [6.45, 7) is 10.5. The number of nitrogens with zero attached hydrogens (tertiary/aromatic N) is 1. The summed E-state index contributed by atoms with van der Waals surface area (Å²) in [5, 5.41) is 2.94. The molecule has 0 atom stereocenters. The van der Waals surface area contributed by atoms with Gasteiger partial charge in [0, 0.05) is 32.0 Å². The van der Waals surface area contributed by atoms with Gasteiger partial charge in [0.25, 0.3) is 0 Å². The van der Waals surface area contributed by atoms with Crippen LogP contribution in [0.4, 0.5) is 0 Å². The molecule has 0 unspecified atom stereocenters. The molecular formula is C15H28N2O2.